The Balaban J connectivity index is 3.15. The summed E-state index contributed by atoms with van der Waals surface area (Å²) in [6, 6.07) is 0. The van der Waals surface area contributed by atoms with Gasteiger partial charge in [0.1, 0.15) is 0 Å². The monoisotopic (exact) mass is 190 g/mol. The van der Waals surface area contributed by atoms with E-state index in [2.05, 4.69) is 6.58 Å². The molecule has 0 rings (SSSR count). The molecular formula is C9H15ClO2. The van der Waals surface area contributed by atoms with E-state index in [1.165, 1.54) is 0 Å². The van der Waals surface area contributed by atoms with Gasteiger partial charge < -0.3 is 4.74 Å². The minimum Gasteiger partial charge on any atom is -0.466 e. The highest BCUT2D eigenvalue weighted by atomic mass is 35.5. The lowest BCUT2D eigenvalue weighted by atomic mass is 10.2. The van der Waals surface area contributed by atoms with Crippen molar-refractivity contribution in [2.45, 2.75) is 25.7 Å². The van der Waals surface area contributed by atoms with E-state index in [4.69, 9.17) is 16.3 Å². The van der Waals surface area contributed by atoms with Crippen molar-refractivity contribution >= 4 is 17.6 Å². The van der Waals surface area contributed by atoms with Crippen LogP contribution in [0.3, 0.4) is 0 Å². The molecule has 0 aliphatic rings. The van der Waals surface area contributed by atoms with Crippen molar-refractivity contribution in [2.75, 3.05) is 12.5 Å². The van der Waals surface area contributed by atoms with E-state index in [1.807, 2.05) is 0 Å². The standard InChI is InChI=1S/C9H15ClO2/c1-2-3-4-6-9(11)12-8-5-7-10/h2H,1,3-8H2. The van der Waals surface area contributed by atoms with Crippen LogP contribution in [-0.2, 0) is 9.53 Å². The summed E-state index contributed by atoms with van der Waals surface area (Å²) in [6.07, 6.45) is 4.70. The number of carbonyl (C=O) groups is 1. The van der Waals surface area contributed by atoms with Crippen molar-refractivity contribution in [3.63, 3.8) is 0 Å². The van der Waals surface area contributed by atoms with Crippen molar-refractivity contribution in [2.24, 2.45) is 0 Å². The Morgan fingerprint density at radius 1 is 1.50 bits per heavy atom. The molecule has 0 amide bonds. The molecule has 3 heteroatoms. The summed E-state index contributed by atoms with van der Waals surface area (Å²) in [6.45, 7) is 4.00. The number of carbonyl (C=O) groups excluding carboxylic acids is 1. The van der Waals surface area contributed by atoms with Gasteiger partial charge in [-0.1, -0.05) is 6.08 Å². The number of allylic oxidation sites excluding steroid dienone is 1. The maximum Gasteiger partial charge on any atom is 0.305 e. The molecule has 2 nitrogen and oxygen atoms in total. The number of hydrogen-bond donors (Lipinski definition) is 0. The average Bonchev–Trinajstić information content (AvgIpc) is 2.06. The third-order valence-electron chi connectivity index (χ3n) is 1.33. The number of ether oxygens (including phenoxy) is 1. The highest BCUT2D eigenvalue weighted by Crippen LogP contribution is 1.98. The molecule has 0 aromatic rings. The quantitative estimate of drug-likeness (QED) is 0.267. The molecule has 0 aliphatic heterocycles. The van der Waals surface area contributed by atoms with Crippen LogP contribution in [0.1, 0.15) is 25.7 Å². The lowest BCUT2D eigenvalue weighted by Gasteiger charge is -2.01. The Labute approximate surface area is 78.5 Å². The zero-order valence-corrected chi connectivity index (χ0v) is 7.98. The van der Waals surface area contributed by atoms with E-state index >= 15 is 0 Å². The maximum absolute atomic E-state index is 10.9. The van der Waals surface area contributed by atoms with Gasteiger partial charge in [-0.25, -0.2) is 0 Å². The molecule has 70 valence electrons. The first-order valence-electron chi connectivity index (χ1n) is 4.13. The van der Waals surface area contributed by atoms with Crippen molar-refractivity contribution in [3.8, 4) is 0 Å². The molecule has 0 N–H and O–H groups in total. The molecule has 0 atom stereocenters. The Morgan fingerprint density at radius 2 is 2.25 bits per heavy atom. The fourth-order valence-corrected chi connectivity index (χ4v) is 0.813. The molecule has 0 saturated carbocycles. The highest BCUT2D eigenvalue weighted by molar-refractivity contribution is 6.17. The second-order valence-electron chi connectivity index (χ2n) is 2.44. The van der Waals surface area contributed by atoms with Gasteiger partial charge in [0.15, 0.2) is 0 Å². The second-order valence-corrected chi connectivity index (χ2v) is 2.82. The van der Waals surface area contributed by atoms with Crippen LogP contribution in [-0.4, -0.2) is 18.5 Å². The van der Waals surface area contributed by atoms with Gasteiger partial charge in [-0.3, -0.25) is 4.79 Å². The van der Waals surface area contributed by atoms with Crippen LogP contribution < -0.4 is 0 Å². The Morgan fingerprint density at radius 3 is 2.83 bits per heavy atom. The van der Waals surface area contributed by atoms with E-state index in [9.17, 15) is 4.79 Å². The lowest BCUT2D eigenvalue weighted by Crippen LogP contribution is -2.05. The molecule has 0 saturated heterocycles. The Hall–Kier alpha value is -0.500. The second kappa shape index (κ2) is 8.60. The minimum atomic E-state index is -0.137. The first-order chi connectivity index (χ1) is 5.81. The van der Waals surface area contributed by atoms with E-state index in [-0.39, 0.29) is 5.97 Å². The van der Waals surface area contributed by atoms with Crippen LogP contribution in [0.2, 0.25) is 0 Å². The van der Waals surface area contributed by atoms with Gasteiger partial charge >= 0.3 is 5.97 Å². The van der Waals surface area contributed by atoms with Crippen LogP contribution in [0.5, 0.6) is 0 Å². The molecule has 0 spiro atoms. The van der Waals surface area contributed by atoms with Gasteiger partial charge in [-0.05, 0) is 19.3 Å². The van der Waals surface area contributed by atoms with Gasteiger partial charge in [0.05, 0.1) is 6.61 Å². The predicted molar refractivity (Wildman–Crippen MR) is 50.3 cm³/mol. The summed E-state index contributed by atoms with van der Waals surface area (Å²) in [4.78, 5) is 10.9. The van der Waals surface area contributed by atoms with E-state index in [0.717, 1.165) is 19.3 Å². The van der Waals surface area contributed by atoms with Crippen LogP contribution in [0.4, 0.5) is 0 Å². The van der Waals surface area contributed by atoms with Gasteiger partial charge in [0, 0.05) is 12.3 Å². The average molecular weight is 191 g/mol. The summed E-state index contributed by atoms with van der Waals surface area (Å²) in [5.74, 6) is 0.405. The van der Waals surface area contributed by atoms with Gasteiger partial charge in [0.2, 0.25) is 0 Å². The van der Waals surface area contributed by atoms with E-state index in [0.29, 0.717) is 18.9 Å². The lowest BCUT2D eigenvalue weighted by molar-refractivity contribution is -0.143. The van der Waals surface area contributed by atoms with E-state index < -0.39 is 0 Å². The van der Waals surface area contributed by atoms with Crippen molar-refractivity contribution in [1.82, 2.24) is 0 Å². The SMILES string of the molecule is C=CCCCC(=O)OCCCCl. The Kier molecular flexibility index (Phi) is 8.24. The number of alkyl halides is 1. The molecule has 12 heavy (non-hydrogen) atoms. The molecule has 0 aromatic heterocycles. The van der Waals surface area contributed by atoms with Crippen molar-refractivity contribution in [3.05, 3.63) is 12.7 Å². The number of rotatable bonds is 7. The molecular weight excluding hydrogens is 176 g/mol. The largest absolute Gasteiger partial charge is 0.466 e. The summed E-state index contributed by atoms with van der Waals surface area (Å²) < 4.78 is 4.87. The molecule has 0 bridgehead atoms. The third kappa shape index (κ3) is 7.61. The normalized spacial score (nSPS) is 9.42. The smallest absolute Gasteiger partial charge is 0.305 e. The fourth-order valence-electron chi connectivity index (χ4n) is 0.703. The topological polar surface area (TPSA) is 26.3 Å². The molecule has 0 aliphatic carbocycles. The van der Waals surface area contributed by atoms with Crippen LogP contribution in [0.25, 0.3) is 0 Å². The van der Waals surface area contributed by atoms with E-state index in [1.54, 1.807) is 6.08 Å². The summed E-state index contributed by atoms with van der Waals surface area (Å²) in [5.41, 5.74) is 0. The zero-order valence-electron chi connectivity index (χ0n) is 7.22. The first-order valence-corrected chi connectivity index (χ1v) is 4.67. The third-order valence-corrected chi connectivity index (χ3v) is 1.60. The number of hydrogen-bond acceptors (Lipinski definition) is 2. The number of halogens is 1. The zero-order chi connectivity index (χ0) is 9.23. The number of unbranched alkanes of at least 4 members (excludes halogenated alkanes) is 1. The predicted octanol–water partition coefficient (Wildman–Crippen LogP) is 2.51. The van der Waals surface area contributed by atoms with Crippen LogP contribution in [0, 0.1) is 0 Å². The van der Waals surface area contributed by atoms with Gasteiger partial charge in [-0.2, -0.15) is 0 Å². The van der Waals surface area contributed by atoms with Gasteiger partial charge in [-0.15, -0.1) is 18.2 Å². The molecule has 0 aromatic carbocycles. The van der Waals surface area contributed by atoms with Crippen molar-refractivity contribution < 1.29 is 9.53 Å². The first kappa shape index (κ1) is 11.5. The highest BCUT2D eigenvalue weighted by Gasteiger charge is 2.00. The molecule has 0 radical (unpaired) electrons. The maximum atomic E-state index is 10.9. The number of esters is 1. The minimum absolute atomic E-state index is 0.137. The molecule has 0 fully saturated rings. The van der Waals surface area contributed by atoms with Crippen LogP contribution >= 0.6 is 11.6 Å². The summed E-state index contributed by atoms with van der Waals surface area (Å²) >= 11 is 5.41. The fraction of sp³-hybridized carbons (Fsp3) is 0.667. The van der Waals surface area contributed by atoms with Crippen LogP contribution in [0.15, 0.2) is 12.7 Å². The molecule has 0 unspecified atom stereocenters. The van der Waals surface area contributed by atoms with Gasteiger partial charge in [0.25, 0.3) is 0 Å². The summed E-state index contributed by atoms with van der Waals surface area (Å²) in [5, 5.41) is 0. The summed E-state index contributed by atoms with van der Waals surface area (Å²) in [7, 11) is 0. The van der Waals surface area contributed by atoms with Crippen molar-refractivity contribution in [1.29, 1.82) is 0 Å². The Bertz CT molecular complexity index is 134. The molecule has 0 heterocycles.